The summed E-state index contributed by atoms with van der Waals surface area (Å²) in [7, 11) is 0. The second-order valence-corrected chi connectivity index (χ2v) is 10.7. The molecule has 0 amide bonds. The summed E-state index contributed by atoms with van der Waals surface area (Å²) < 4.78 is 59.8. The van der Waals surface area contributed by atoms with Crippen LogP contribution in [-0.2, 0) is 17.4 Å². The van der Waals surface area contributed by atoms with Crippen molar-refractivity contribution in [2.24, 2.45) is 0 Å². The number of halogens is 3. The summed E-state index contributed by atoms with van der Waals surface area (Å²) in [5.41, 5.74) is 2.69. The third-order valence-electron chi connectivity index (χ3n) is 7.59. The van der Waals surface area contributed by atoms with Crippen LogP contribution in [0.1, 0.15) is 72.8 Å². The van der Waals surface area contributed by atoms with Gasteiger partial charge in [0.2, 0.25) is 11.7 Å². The number of fused-ring (bicyclic) bond motifs is 2. The minimum atomic E-state index is -4.54. The number of alkyl halides is 3. The molecule has 0 bridgehead atoms. The predicted molar refractivity (Wildman–Crippen MR) is 143 cm³/mol. The zero-order valence-electron chi connectivity index (χ0n) is 22.4. The first kappa shape index (κ1) is 26.9. The monoisotopic (exact) mass is 564 g/mol. The van der Waals surface area contributed by atoms with Crippen LogP contribution in [0.15, 0.2) is 59.1 Å². The molecule has 4 aromatic rings. The average molecular weight is 565 g/mol. The minimum absolute atomic E-state index is 0.0252. The zero-order valence-corrected chi connectivity index (χ0v) is 22.4. The van der Waals surface area contributed by atoms with E-state index in [1.165, 1.54) is 6.07 Å². The zero-order chi connectivity index (χ0) is 28.9. The van der Waals surface area contributed by atoms with Gasteiger partial charge in [-0.25, -0.2) is 0 Å². The Hall–Kier alpha value is -4.34. The Morgan fingerprint density at radius 1 is 1.07 bits per heavy atom. The first-order chi connectivity index (χ1) is 19.6. The van der Waals surface area contributed by atoms with Crippen LogP contribution in [-0.4, -0.2) is 27.8 Å². The highest BCUT2D eigenvalue weighted by Gasteiger charge is 2.38. The fourth-order valence-corrected chi connectivity index (χ4v) is 5.60. The molecule has 0 saturated carbocycles. The van der Waals surface area contributed by atoms with Crippen LogP contribution in [0, 0.1) is 0 Å². The van der Waals surface area contributed by atoms with E-state index in [1.807, 2.05) is 13.8 Å². The third-order valence-corrected chi connectivity index (χ3v) is 7.59. The number of benzene rings is 3. The third kappa shape index (κ3) is 5.14. The summed E-state index contributed by atoms with van der Waals surface area (Å²) in [6, 6.07) is 14.6. The lowest BCUT2D eigenvalue weighted by Crippen LogP contribution is -2.10. The van der Waals surface area contributed by atoms with Gasteiger partial charge in [0.15, 0.2) is 0 Å². The van der Waals surface area contributed by atoms with E-state index in [2.05, 4.69) is 10.1 Å². The van der Waals surface area contributed by atoms with Crippen LogP contribution < -0.4 is 9.47 Å². The van der Waals surface area contributed by atoms with Crippen molar-refractivity contribution in [2.45, 2.75) is 57.2 Å². The molecule has 1 aromatic heterocycles. The van der Waals surface area contributed by atoms with Crippen LogP contribution in [0.3, 0.4) is 0 Å². The van der Waals surface area contributed by atoms with Gasteiger partial charge in [0.05, 0.1) is 18.6 Å². The minimum Gasteiger partial charge on any atom is -0.492 e. The van der Waals surface area contributed by atoms with Gasteiger partial charge < -0.3 is 19.1 Å². The highest BCUT2D eigenvalue weighted by molar-refractivity contribution is 5.76. The molecule has 2 heterocycles. The Labute approximate surface area is 233 Å². The van der Waals surface area contributed by atoms with Gasteiger partial charge in [0.1, 0.15) is 17.6 Å². The van der Waals surface area contributed by atoms with Crippen molar-refractivity contribution in [1.82, 2.24) is 10.1 Å². The Morgan fingerprint density at radius 2 is 1.80 bits per heavy atom. The Bertz CT molecular complexity index is 1610. The molecule has 3 aromatic carbocycles. The molecule has 1 aliphatic carbocycles. The fraction of sp³-hybridized carbons (Fsp3) is 0.323. The average Bonchev–Trinajstić information content (AvgIpc) is 3.67. The number of hydrogen-bond acceptors (Lipinski definition) is 6. The highest BCUT2D eigenvalue weighted by atomic mass is 19.4. The number of nitrogens with zero attached hydrogens (tertiary/aromatic N) is 2. The van der Waals surface area contributed by atoms with Gasteiger partial charge in [-0.05, 0) is 47.2 Å². The molecule has 7 nitrogen and oxygen atoms in total. The molecule has 0 fully saturated rings. The topological polar surface area (TPSA) is 94.7 Å². The molecule has 1 N–H and O–H groups in total. The molecule has 41 heavy (non-hydrogen) atoms. The maximum Gasteiger partial charge on any atom is 0.417 e. The largest absolute Gasteiger partial charge is 0.492 e. The van der Waals surface area contributed by atoms with E-state index >= 15 is 0 Å². The van der Waals surface area contributed by atoms with Gasteiger partial charge in [-0.2, -0.15) is 18.2 Å². The number of carboxylic acid groups (broad SMARTS) is 1. The van der Waals surface area contributed by atoms with Crippen LogP contribution in [0.4, 0.5) is 13.2 Å². The van der Waals surface area contributed by atoms with Gasteiger partial charge in [0, 0.05) is 29.0 Å². The number of carboxylic acids is 1. The standard InChI is InChI=1S/C31H27F3N2O5/c1-16(2)30-35-29(36-41-30)18-5-3-17(4-6-18)28-23-10-12-25(22(23)9-11-24(28)31(32,33)34)40-20-7-8-21-19(13-27(37)38)15-39-26(21)14-20/h3-9,11,14,16,19,25H,10,12-13,15H2,1-2H3,(H,37,38)/t19?,25-/m1/s1. The van der Waals surface area contributed by atoms with E-state index in [9.17, 15) is 18.0 Å². The van der Waals surface area contributed by atoms with Crippen LogP contribution in [0.2, 0.25) is 0 Å². The van der Waals surface area contributed by atoms with Crippen molar-refractivity contribution >= 4 is 5.97 Å². The number of rotatable bonds is 7. The summed E-state index contributed by atoms with van der Waals surface area (Å²) >= 11 is 0. The molecule has 6 rings (SSSR count). The van der Waals surface area contributed by atoms with Gasteiger partial charge in [-0.3, -0.25) is 4.79 Å². The van der Waals surface area contributed by atoms with Crippen LogP contribution in [0.25, 0.3) is 22.5 Å². The van der Waals surface area contributed by atoms with Crippen LogP contribution in [0.5, 0.6) is 11.5 Å². The van der Waals surface area contributed by atoms with Gasteiger partial charge >= 0.3 is 12.1 Å². The van der Waals surface area contributed by atoms with Gasteiger partial charge in [-0.1, -0.05) is 55.4 Å². The molecule has 1 aliphatic heterocycles. The lowest BCUT2D eigenvalue weighted by molar-refractivity contribution is -0.138. The maximum absolute atomic E-state index is 14.2. The van der Waals surface area contributed by atoms with Crippen molar-refractivity contribution in [1.29, 1.82) is 0 Å². The first-order valence-electron chi connectivity index (χ1n) is 13.4. The molecule has 0 saturated heterocycles. The van der Waals surface area contributed by atoms with Crippen molar-refractivity contribution < 1.29 is 37.1 Å². The second kappa shape index (κ2) is 10.2. The lowest BCUT2D eigenvalue weighted by atomic mass is 9.91. The predicted octanol–water partition coefficient (Wildman–Crippen LogP) is 7.56. The Kier molecular flexibility index (Phi) is 6.71. The van der Waals surface area contributed by atoms with Gasteiger partial charge in [0.25, 0.3) is 0 Å². The summed E-state index contributed by atoms with van der Waals surface area (Å²) in [6.45, 7) is 4.15. The first-order valence-corrected chi connectivity index (χ1v) is 13.4. The quantitative estimate of drug-likeness (QED) is 0.247. The SMILES string of the molecule is CC(C)c1nc(-c2ccc(-c3c(C(F)(F)F)ccc4c3CC[C@H]4Oc3ccc4c(c3)OCC4CC(=O)O)cc2)no1. The molecule has 0 spiro atoms. The lowest BCUT2D eigenvalue weighted by Gasteiger charge is -2.20. The normalized spacial score (nSPS) is 17.8. The number of ether oxygens (including phenoxy) is 2. The summed E-state index contributed by atoms with van der Waals surface area (Å²) in [4.78, 5) is 15.5. The van der Waals surface area contributed by atoms with E-state index in [1.54, 1.807) is 42.5 Å². The highest BCUT2D eigenvalue weighted by Crippen LogP contribution is 2.47. The molecule has 2 aliphatic rings. The fourth-order valence-electron chi connectivity index (χ4n) is 5.60. The van der Waals surface area contributed by atoms with E-state index in [-0.39, 0.29) is 30.4 Å². The van der Waals surface area contributed by atoms with Crippen LogP contribution >= 0.6 is 0 Å². The molecular formula is C31H27F3N2O5. The van der Waals surface area contributed by atoms with Crippen molar-refractivity contribution in [3.63, 3.8) is 0 Å². The maximum atomic E-state index is 14.2. The summed E-state index contributed by atoms with van der Waals surface area (Å²) in [5, 5.41) is 13.1. The van der Waals surface area contributed by atoms with Crippen molar-refractivity contribution in [2.75, 3.05) is 6.61 Å². The smallest absolute Gasteiger partial charge is 0.417 e. The molecule has 2 atom stereocenters. The van der Waals surface area contributed by atoms with Crippen molar-refractivity contribution in [3.8, 4) is 34.0 Å². The van der Waals surface area contributed by atoms with E-state index in [0.29, 0.717) is 58.3 Å². The van der Waals surface area contributed by atoms with E-state index in [4.69, 9.17) is 19.1 Å². The summed E-state index contributed by atoms with van der Waals surface area (Å²) in [6.07, 6.45) is -4.06. The second-order valence-electron chi connectivity index (χ2n) is 10.7. The summed E-state index contributed by atoms with van der Waals surface area (Å²) in [5.74, 6) is 0.904. The number of hydrogen-bond donors (Lipinski definition) is 1. The van der Waals surface area contributed by atoms with E-state index < -0.39 is 23.8 Å². The van der Waals surface area contributed by atoms with Gasteiger partial charge in [-0.15, -0.1) is 0 Å². The van der Waals surface area contributed by atoms with E-state index in [0.717, 1.165) is 11.6 Å². The molecule has 212 valence electrons. The molecule has 1 unspecified atom stereocenters. The Morgan fingerprint density at radius 3 is 2.49 bits per heavy atom. The Balaban J connectivity index is 1.30. The van der Waals surface area contributed by atoms with Crippen molar-refractivity contribution in [3.05, 3.63) is 82.7 Å². The molecular weight excluding hydrogens is 537 g/mol. The number of aliphatic carboxylic acids is 1. The number of aromatic nitrogens is 2. The molecule has 10 heteroatoms. The number of carbonyl (C=O) groups is 1. The molecule has 0 radical (unpaired) electrons.